The highest BCUT2D eigenvalue weighted by Gasteiger charge is 2.37. The van der Waals surface area contributed by atoms with E-state index in [-0.39, 0.29) is 35.3 Å². The Morgan fingerprint density at radius 2 is 1.75 bits per heavy atom. The number of nitrogens with one attached hydrogen (secondary N) is 2. The quantitative estimate of drug-likeness (QED) is 0.830. The van der Waals surface area contributed by atoms with E-state index in [0.717, 1.165) is 12.8 Å². The van der Waals surface area contributed by atoms with Crippen LogP contribution in [0.2, 0.25) is 5.02 Å². The van der Waals surface area contributed by atoms with Crippen molar-refractivity contribution in [3.8, 4) is 0 Å². The molecule has 20 heavy (non-hydrogen) atoms. The lowest BCUT2D eigenvalue weighted by Gasteiger charge is -2.47. The second-order valence-corrected chi connectivity index (χ2v) is 7.20. The van der Waals surface area contributed by atoms with Crippen LogP contribution >= 0.6 is 24.0 Å². The Morgan fingerprint density at radius 3 is 2.25 bits per heavy atom. The van der Waals surface area contributed by atoms with Gasteiger partial charge in [-0.1, -0.05) is 11.6 Å². The summed E-state index contributed by atoms with van der Waals surface area (Å²) in [4.78, 5) is 0. The van der Waals surface area contributed by atoms with Gasteiger partial charge in [0.25, 0.3) is 0 Å². The van der Waals surface area contributed by atoms with Gasteiger partial charge in [0.2, 0.25) is 0 Å². The summed E-state index contributed by atoms with van der Waals surface area (Å²) >= 11 is 5.77. The van der Waals surface area contributed by atoms with Gasteiger partial charge >= 0.3 is 0 Å². The molecule has 0 radical (unpaired) electrons. The van der Waals surface area contributed by atoms with Crippen molar-refractivity contribution in [3.05, 3.63) is 29.0 Å². The smallest absolute Gasteiger partial charge is 0.147 e. The zero-order chi connectivity index (χ0) is 14.3. The second kappa shape index (κ2) is 6.08. The highest BCUT2D eigenvalue weighted by Crippen LogP contribution is 2.31. The predicted molar refractivity (Wildman–Crippen MR) is 86.6 cm³/mol. The predicted octanol–water partition coefficient (Wildman–Crippen LogP) is 4.62. The molecule has 0 amide bonds. The van der Waals surface area contributed by atoms with Crippen molar-refractivity contribution in [2.24, 2.45) is 0 Å². The molecule has 1 aromatic carbocycles. The Morgan fingerprint density at radius 1 is 1.20 bits per heavy atom. The van der Waals surface area contributed by atoms with Gasteiger partial charge in [-0.2, -0.15) is 0 Å². The molecule has 0 spiro atoms. The van der Waals surface area contributed by atoms with Gasteiger partial charge in [-0.15, -0.1) is 12.4 Å². The summed E-state index contributed by atoms with van der Waals surface area (Å²) in [6.07, 6.45) is 1.91. The molecule has 2 rings (SSSR count). The summed E-state index contributed by atoms with van der Waals surface area (Å²) in [5.41, 5.74) is 0.618. The Labute approximate surface area is 131 Å². The third-order valence-corrected chi connectivity index (χ3v) is 3.72. The molecule has 1 saturated heterocycles. The number of anilines is 1. The van der Waals surface area contributed by atoms with Crippen LogP contribution in [0, 0.1) is 5.82 Å². The maximum atomic E-state index is 13.8. The lowest BCUT2D eigenvalue weighted by molar-refractivity contribution is 0.170. The number of hydrogen-bond donors (Lipinski definition) is 2. The topological polar surface area (TPSA) is 24.1 Å². The molecule has 1 heterocycles. The van der Waals surface area contributed by atoms with Crippen LogP contribution in [0.5, 0.6) is 0 Å². The van der Waals surface area contributed by atoms with E-state index < -0.39 is 0 Å². The minimum atomic E-state index is -0.290. The SMILES string of the molecule is CC1(C)CC(Nc2ccc(Cl)cc2F)CC(C)(C)N1.Cl. The average molecular weight is 321 g/mol. The molecule has 0 bridgehead atoms. The van der Waals surface area contributed by atoms with Gasteiger partial charge in [-0.05, 0) is 58.7 Å². The van der Waals surface area contributed by atoms with Gasteiger partial charge in [-0.25, -0.2) is 4.39 Å². The first-order valence-corrected chi connectivity index (χ1v) is 7.06. The van der Waals surface area contributed by atoms with E-state index in [1.54, 1.807) is 12.1 Å². The van der Waals surface area contributed by atoms with E-state index in [1.807, 2.05) is 0 Å². The molecule has 114 valence electrons. The number of benzene rings is 1. The summed E-state index contributed by atoms with van der Waals surface area (Å²) in [6.45, 7) is 8.73. The molecule has 1 aliphatic rings. The summed E-state index contributed by atoms with van der Waals surface area (Å²) < 4.78 is 13.8. The molecule has 0 atom stereocenters. The van der Waals surface area contributed by atoms with Crippen molar-refractivity contribution in [1.29, 1.82) is 0 Å². The molecule has 1 aromatic rings. The molecule has 0 aliphatic carbocycles. The van der Waals surface area contributed by atoms with Crippen molar-refractivity contribution in [3.63, 3.8) is 0 Å². The van der Waals surface area contributed by atoms with Crippen molar-refractivity contribution < 1.29 is 4.39 Å². The van der Waals surface area contributed by atoms with Gasteiger partial charge < -0.3 is 10.6 Å². The fraction of sp³-hybridized carbons (Fsp3) is 0.600. The van der Waals surface area contributed by atoms with Crippen LogP contribution in [-0.2, 0) is 0 Å². The van der Waals surface area contributed by atoms with Crippen LogP contribution in [0.4, 0.5) is 10.1 Å². The lowest BCUT2D eigenvalue weighted by Crippen LogP contribution is -2.60. The maximum Gasteiger partial charge on any atom is 0.147 e. The highest BCUT2D eigenvalue weighted by atomic mass is 35.5. The number of rotatable bonds is 2. The third-order valence-electron chi connectivity index (χ3n) is 3.48. The van der Waals surface area contributed by atoms with Crippen LogP contribution in [0.25, 0.3) is 0 Å². The van der Waals surface area contributed by atoms with E-state index in [4.69, 9.17) is 11.6 Å². The van der Waals surface area contributed by atoms with Gasteiger partial charge in [0.05, 0.1) is 5.69 Å². The molecule has 1 fully saturated rings. The highest BCUT2D eigenvalue weighted by molar-refractivity contribution is 6.30. The molecule has 0 aromatic heterocycles. The van der Waals surface area contributed by atoms with Gasteiger partial charge in [0, 0.05) is 22.1 Å². The Balaban J connectivity index is 0.00000200. The van der Waals surface area contributed by atoms with E-state index in [9.17, 15) is 4.39 Å². The van der Waals surface area contributed by atoms with E-state index in [2.05, 4.69) is 38.3 Å². The fourth-order valence-corrected chi connectivity index (χ4v) is 3.41. The summed E-state index contributed by atoms with van der Waals surface area (Å²) in [5.74, 6) is -0.290. The first-order valence-electron chi connectivity index (χ1n) is 6.68. The van der Waals surface area contributed by atoms with Crippen molar-refractivity contribution in [2.45, 2.75) is 57.7 Å². The van der Waals surface area contributed by atoms with Crippen molar-refractivity contribution in [1.82, 2.24) is 5.32 Å². The first kappa shape index (κ1) is 17.5. The third kappa shape index (κ3) is 4.51. The Bertz CT molecular complexity index is 459. The monoisotopic (exact) mass is 320 g/mol. The zero-order valence-corrected chi connectivity index (χ0v) is 14.0. The van der Waals surface area contributed by atoms with E-state index in [1.165, 1.54) is 6.07 Å². The molecular formula is C15H23Cl2FN2. The maximum absolute atomic E-state index is 13.8. The normalized spacial score (nSPS) is 21.1. The van der Waals surface area contributed by atoms with Gasteiger partial charge in [0.1, 0.15) is 5.82 Å². The molecular weight excluding hydrogens is 298 g/mol. The zero-order valence-electron chi connectivity index (χ0n) is 12.4. The second-order valence-electron chi connectivity index (χ2n) is 6.77. The summed E-state index contributed by atoms with van der Waals surface area (Å²) in [7, 11) is 0. The number of halogens is 3. The standard InChI is InChI=1S/C15H22ClFN2.ClH/c1-14(2)8-11(9-15(3,4)19-14)18-13-6-5-10(16)7-12(13)17;/h5-7,11,18-19H,8-9H2,1-4H3;1H. The molecule has 0 unspecified atom stereocenters. The lowest BCUT2D eigenvalue weighted by atomic mass is 9.79. The molecule has 2 N–H and O–H groups in total. The van der Waals surface area contributed by atoms with Crippen LogP contribution in [0.1, 0.15) is 40.5 Å². The largest absolute Gasteiger partial charge is 0.380 e. The van der Waals surface area contributed by atoms with Crippen LogP contribution in [-0.4, -0.2) is 17.1 Å². The van der Waals surface area contributed by atoms with Gasteiger partial charge in [0.15, 0.2) is 0 Å². The average Bonchev–Trinajstić information content (AvgIpc) is 2.17. The van der Waals surface area contributed by atoms with E-state index >= 15 is 0 Å². The summed E-state index contributed by atoms with van der Waals surface area (Å²) in [6, 6.07) is 5.02. The Hall–Kier alpha value is -0.510. The van der Waals surface area contributed by atoms with E-state index in [0.29, 0.717) is 10.7 Å². The van der Waals surface area contributed by atoms with Crippen molar-refractivity contribution >= 4 is 29.7 Å². The van der Waals surface area contributed by atoms with Crippen molar-refractivity contribution in [2.75, 3.05) is 5.32 Å². The number of piperidine rings is 1. The van der Waals surface area contributed by atoms with Crippen LogP contribution in [0.3, 0.4) is 0 Å². The molecule has 1 aliphatic heterocycles. The molecule has 2 nitrogen and oxygen atoms in total. The number of hydrogen-bond acceptors (Lipinski definition) is 2. The Kier molecular flexibility index (Phi) is 5.34. The van der Waals surface area contributed by atoms with Gasteiger partial charge in [-0.3, -0.25) is 0 Å². The molecule has 5 heteroatoms. The first-order chi connectivity index (χ1) is 8.67. The minimum absolute atomic E-state index is 0. The van der Waals surface area contributed by atoms with Crippen LogP contribution in [0.15, 0.2) is 18.2 Å². The molecule has 0 saturated carbocycles. The fourth-order valence-electron chi connectivity index (χ4n) is 3.25. The summed E-state index contributed by atoms with van der Waals surface area (Å²) in [5, 5.41) is 7.36. The minimum Gasteiger partial charge on any atom is -0.380 e. The van der Waals surface area contributed by atoms with Crippen LogP contribution < -0.4 is 10.6 Å².